The lowest BCUT2D eigenvalue weighted by atomic mass is 10.1. The van der Waals surface area contributed by atoms with Gasteiger partial charge in [0.15, 0.2) is 0 Å². The molecular weight excluding hydrogens is 341 g/mol. The Hall–Kier alpha value is -2.87. The summed E-state index contributed by atoms with van der Waals surface area (Å²) in [4.78, 5) is 16.2. The van der Waals surface area contributed by atoms with Gasteiger partial charge in [0, 0.05) is 12.7 Å². The normalized spacial score (nSPS) is 10.4. The highest BCUT2D eigenvalue weighted by Crippen LogP contribution is 2.12. The van der Waals surface area contributed by atoms with E-state index >= 15 is 0 Å². The largest absolute Gasteiger partial charge is 0.370 e. The predicted octanol–water partition coefficient (Wildman–Crippen LogP) is 3.37. The monoisotopic (exact) mass is 357 g/mol. The Morgan fingerprint density at radius 3 is 2.88 bits per heavy atom. The number of halogens is 1. The number of nitrogens with one attached hydrogen (secondary N) is 2. The van der Waals surface area contributed by atoms with Crippen LogP contribution in [0.2, 0.25) is 0 Å². The molecule has 0 aliphatic carbocycles. The molecule has 1 aromatic carbocycles. The number of anilines is 2. The average Bonchev–Trinajstić information content (AvgIpc) is 3.12. The number of hydrogen-bond donors (Lipinski definition) is 2. The van der Waals surface area contributed by atoms with E-state index < -0.39 is 0 Å². The topological polar surface area (TPSA) is 79.8 Å². The summed E-state index contributed by atoms with van der Waals surface area (Å²) < 4.78 is 13.1. The Morgan fingerprint density at radius 1 is 1.24 bits per heavy atom. The van der Waals surface area contributed by atoms with Crippen molar-refractivity contribution in [3.8, 4) is 0 Å². The first-order chi connectivity index (χ1) is 12.2. The van der Waals surface area contributed by atoms with E-state index in [0.29, 0.717) is 23.1 Å². The number of carbonyl (C=O) groups is 1. The van der Waals surface area contributed by atoms with Crippen LogP contribution in [0, 0.1) is 5.82 Å². The second-order valence-electron chi connectivity index (χ2n) is 5.29. The predicted molar refractivity (Wildman–Crippen MR) is 95.3 cm³/mol. The summed E-state index contributed by atoms with van der Waals surface area (Å²) in [5.41, 5.74) is 2.96. The minimum Gasteiger partial charge on any atom is -0.370 e. The van der Waals surface area contributed by atoms with E-state index in [1.807, 2.05) is 6.07 Å². The van der Waals surface area contributed by atoms with E-state index in [4.69, 9.17) is 0 Å². The van der Waals surface area contributed by atoms with Gasteiger partial charge in [0.25, 0.3) is 5.91 Å². The van der Waals surface area contributed by atoms with E-state index in [1.54, 1.807) is 29.8 Å². The molecule has 0 bridgehead atoms. The first-order valence-electron chi connectivity index (χ1n) is 7.72. The highest BCUT2D eigenvalue weighted by Gasteiger charge is 2.08. The lowest BCUT2D eigenvalue weighted by Gasteiger charge is -2.07. The fourth-order valence-corrected chi connectivity index (χ4v) is 2.67. The molecule has 2 heterocycles. The number of hydrogen-bond acceptors (Lipinski definition) is 6. The summed E-state index contributed by atoms with van der Waals surface area (Å²) in [6.45, 7) is 0.708. The lowest BCUT2D eigenvalue weighted by molar-refractivity contribution is 0.102. The molecule has 0 fully saturated rings. The Balaban J connectivity index is 1.45. The molecular formula is C17H16FN5OS. The number of rotatable bonds is 7. The molecule has 3 aromatic rings. The number of carbonyl (C=O) groups excluding carboxylic acids is 1. The molecule has 0 spiro atoms. The molecule has 0 aliphatic heterocycles. The van der Waals surface area contributed by atoms with Crippen LogP contribution in [0.15, 0.2) is 48.1 Å². The van der Waals surface area contributed by atoms with E-state index in [1.165, 1.54) is 23.6 Å². The van der Waals surface area contributed by atoms with Crippen LogP contribution in [0.25, 0.3) is 0 Å². The lowest BCUT2D eigenvalue weighted by Crippen LogP contribution is -2.12. The van der Waals surface area contributed by atoms with E-state index in [9.17, 15) is 9.18 Å². The smallest absolute Gasteiger partial charge is 0.259 e. The zero-order chi connectivity index (χ0) is 17.5. The van der Waals surface area contributed by atoms with Gasteiger partial charge >= 0.3 is 0 Å². The summed E-state index contributed by atoms with van der Waals surface area (Å²) in [7, 11) is 0. The van der Waals surface area contributed by atoms with Crippen LogP contribution in [0.3, 0.4) is 0 Å². The van der Waals surface area contributed by atoms with Crippen LogP contribution in [0.4, 0.5) is 15.3 Å². The SMILES string of the molecule is O=C(Nc1nncs1)c1ccc(NCCCc2cccc(F)c2)nc1. The molecule has 2 aromatic heterocycles. The molecule has 128 valence electrons. The molecule has 25 heavy (non-hydrogen) atoms. The molecule has 1 amide bonds. The van der Waals surface area contributed by atoms with Gasteiger partial charge in [-0.2, -0.15) is 0 Å². The van der Waals surface area contributed by atoms with Crippen molar-refractivity contribution in [2.45, 2.75) is 12.8 Å². The maximum atomic E-state index is 13.1. The molecule has 0 unspecified atom stereocenters. The van der Waals surface area contributed by atoms with Crippen molar-refractivity contribution in [2.24, 2.45) is 0 Å². The third-order valence-corrected chi connectivity index (χ3v) is 4.05. The fraction of sp³-hybridized carbons (Fsp3) is 0.176. The Bertz CT molecular complexity index is 823. The molecule has 8 heteroatoms. The minimum absolute atomic E-state index is 0.213. The van der Waals surface area contributed by atoms with Crippen molar-refractivity contribution >= 4 is 28.2 Å². The summed E-state index contributed by atoms with van der Waals surface area (Å²) in [6, 6.07) is 10.0. The van der Waals surface area contributed by atoms with Crippen molar-refractivity contribution in [1.82, 2.24) is 15.2 Å². The fourth-order valence-electron chi connectivity index (χ4n) is 2.23. The van der Waals surface area contributed by atoms with E-state index in [0.717, 1.165) is 18.4 Å². The van der Waals surface area contributed by atoms with Crippen LogP contribution < -0.4 is 10.6 Å². The number of pyridine rings is 1. The number of aryl methyl sites for hydroxylation is 1. The van der Waals surface area contributed by atoms with Gasteiger partial charge in [-0.15, -0.1) is 10.2 Å². The van der Waals surface area contributed by atoms with Gasteiger partial charge in [-0.1, -0.05) is 23.5 Å². The second kappa shape index (κ2) is 8.29. The molecule has 6 nitrogen and oxygen atoms in total. The van der Waals surface area contributed by atoms with Gasteiger partial charge in [-0.25, -0.2) is 9.37 Å². The zero-order valence-corrected chi connectivity index (χ0v) is 14.1. The number of benzene rings is 1. The summed E-state index contributed by atoms with van der Waals surface area (Å²) >= 11 is 1.25. The second-order valence-corrected chi connectivity index (χ2v) is 6.12. The molecule has 3 rings (SSSR count). The Labute approximate surface area is 148 Å². The van der Waals surface area contributed by atoms with Crippen LogP contribution in [0.5, 0.6) is 0 Å². The van der Waals surface area contributed by atoms with Crippen molar-refractivity contribution < 1.29 is 9.18 Å². The van der Waals surface area contributed by atoms with Crippen molar-refractivity contribution in [3.05, 3.63) is 65.0 Å². The summed E-state index contributed by atoms with van der Waals surface area (Å²) in [5, 5.41) is 13.7. The average molecular weight is 357 g/mol. The first-order valence-corrected chi connectivity index (χ1v) is 8.60. The molecule has 0 atom stereocenters. The number of nitrogens with zero attached hydrogens (tertiary/aromatic N) is 3. The van der Waals surface area contributed by atoms with Gasteiger partial charge in [-0.05, 0) is 42.7 Å². The first kappa shape index (κ1) is 17.0. The Kier molecular flexibility index (Phi) is 5.63. The third-order valence-electron chi connectivity index (χ3n) is 3.44. The molecule has 2 N–H and O–H groups in total. The van der Waals surface area contributed by atoms with Gasteiger partial charge in [0.05, 0.1) is 5.56 Å². The van der Waals surface area contributed by atoms with Crippen LogP contribution in [0.1, 0.15) is 22.3 Å². The highest BCUT2D eigenvalue weighted by molar-refractivity contribution is 7.13. The van der Waals surface area contributed by atoms with Crippen molar-refractivity contribution in [3.63, 3.8) is 0 Å². The van der Waals surface area contributed by atoms with Crippen LogP contribution in [-0.2, 0) is 6.42 Å². The van der Waals surface area contributed by atoms with Crippen molar-refractivity contribution in [1.29, 1.82) is 0 Å². The molecule has 0 radical (unpaired) electrons. The number of amides is 1. The van der Waals surface area contributed by atoms with Crippen LogP contribution >= 0.6 is 11.3 Å². The molecule has 0 saturated heterocycles. The van der Waals surface area contributed by atoms with Gasteiger partial charge in [0.1, 0.15) is 17.1 Å². The summed E-state index contributed by atoms with van der Waals surface area (Å²) in [5.74, 6) is 0.197. The van der Waals surface area contributed by atoms with Gasteiger partial charge in [0.2, 0.25) is 5.13 Å². The van der Waals surface area contributed by atoms with E-state index in [-0.39, 0.29) is 11.7 Å². The maximum absolute atomic E-state index is 13.1. The minimum atomic E-state index is -0.276. The van der Waals surface area contributed by atoms with Crippen molar-refractivity contribution in [2.75, 3.05) is 17.2 Å². The highest BCUT2D eigenvalue weighted by atomic mass is 32.1. The van der Waals surface area contributed by atoms with Crippen LogP contribution in [-0.4, -0.2) is 27.6 Å². The molecule has 0 aliphatic rings. The Morgan fingerprint density at radius 2 is 2.16 bits per heavy atom. The van der Waals surface area contributed by atoms with Gasteiger partial charge in [-0.3, -0.25) is 10.1 Å². The zero-order valence-electron chi connectivity index (χ0n) is 13.3. The molecule has 0 saturated carbocycles. The standard InChI is InChI=1S/C17H16FN5OS/c18-14-5-1-3-12(9-14)4-2-8-19-15-7-6-13(10-20-15)16(24)22-17-23-21-11-25-17/h1,3,5-7,9-11H,2,4,8H2,(H,19,20)(H,22,23,24). The maximum Gasteiger partial charge on any atom is 0.259 e. The quantitative estimate of drug-likeness (QED) is 0.634. The number of aromatic nitrogens is 3. The van der Waals surface area contributed by atoms with E-state index in [2.05, 4.69) is 25.8 Å². The summed E-state index contributed by atoms with van der Waals surface area (Å²) in [6.07, 6.45) is 3.14. The van der Waals surface area contributed by atoms with Gasteiger partial charge < -0.3 is 5.32 Å². The third kappa shape index (κ3) is 5.05.